The molecule has 0 saturated heterocycles. The highest BCUT2D eigenvalue weighted by Gasteiger charge is 2.26. The number of benzene rings is 1. The number of pyridine rings is 1. The second kappa shape index (κ2) is 13.1. The predicted molar refractivity (Wildman–Crippen MR) is 190 cm³/mol. The molecular weight excluding hydrogens is 594 g/mol. The van der Waals surface area contributed by atoms with Crippen molar-refractivity contribution >= 4 is 34.4 Å². The highest BCUT2D eigenvalue weighted by Crippen LogP contribution is 2.38. The molecule has 1 aromatic carbocycles. The number of anilines is 2. The summed E-state index contributed by atoms with van der Waals surface area (Å²) < 4.78 is 4.34. The minimum Gasteiger partial charge on any atom is -0.352 e. The van der Waals surface area contributed by atoms with Gasteiger partial charge in [0.1, 0.15) is 0 Å². The van der Waals surface area contributed by atoms with Crippen molar-refractivity contribution in [3.05, 3.63) is 88.8 Å². The van der Waals surface area contributed by atoms with Crippen molar-refractivity contribution in [2.45, 2.75) is 66.1 Å². The fourth-order valence-electron chi connectivity index (χ4n) is 6.81. The molecule has 5 heterocycles. The minimum absolute atomic E-state index is 0.489. The van der Waals surface area contributed by atoms with Gasteiger partial charge in [0.25, 0.3) is 0 Å². The van der Waals surface area contributed by atoms with E-state index in [4.69, 9.17) is 21.6 Å². The first-order valence-electron chi connectivity index (χ1n) is 16.3. The number of nitrogens with zero attached hydrogens (tertiary/aromatic N) is 7. The Morgan fingerprint density at radius 2 is 1.52 bits per heavy atom. The van der Waals surface area contributed by atoms with Gasteiger partial charge < -0.3 is 19.8 Å². The van der Waals surface area contributed by atoms with Crippen LogP contribution in [0.5, 0.6) is 0 Å². The van der Waals surface area contributed by atoms with Crippen LogP contribution in [0.15, 0.2) is 43.8 Å². The van der Waals surface area contributed by atoms with Crippen LogP contribution in [-0.2, 0) is 40.0 Å². The molecule has 0 aliphatic carbocycles. The lowest BCUT2D eigenvalue weighted by Gasteiger charge is -2.29. The third kappa shape index (κ3) is 5.99. The van der Waals surface area contributed by atoms with Crippen LogP contribution in [0.2, 0.25) is 5.02 Å². The summed E-state index contributed by atoms with van der Waals surface area (Å²) in [6.45, 7) is 22.4. The molecule has 2 N–H and O–H groups in total. The molecule has 0 spiro atoms. The fraction of sp³-hybridized carbons (Fsp3) is 0.417. The molecule has 2 aliphatic rings. The Hall–Kier alpha value is -3.92. The van der Waals surface area contributed by atoms with Crippen molar-refractivity contribution in [2.24, 2.45) is 14.1 Å². The summed E-state index contributed by atoms with van der Waals surface area (Å²) in [5.74, 6) is 1.68. The summed E-state index contributed by atoms with van der Waals surface area (Å²) >= 11 is 7.09. The van der Waals surface area contributed by atoms with Crippen LogP contribution in [0.25, 0.3) is 22.5 Å². The summed E-state index contributed by atoms with van der Waals surface area (Å²) in [5.41, 5.74) is 10.8. The molecule has 2 aliphatic heterocycles. The first-order chi connectivity index (χ1) is 22.1. The highest BCUT2D eigenvalue weighted by atomic mass is 35.5. The van der Waals surface area contributed by atoms with E-state index in [0.29, 0.717) is 16.8 Å². The van der Waals surface area contributed by atoms with Gasteiger partial charge in [0.2, 0.25) is 0 Å². The zero-order valence-corrected chi connectivity index (χ0v) is 28.8. The van der Waals surface area contributed by atoms with Gasteiger partial charge in [-0.25, -0.2) is 9.97 Å². The van der Waals surface area contributed by atoms with E-state index in [1.807, 2.05) is 30.6 Å². The van der Waals surface area contributed by atoms with E-state index in [2.05, 4.69) is 89.5 Å². The Balaban J connectivity index is 1.21. The third-order valence-electron chi connectivity index (χ3n) is 9.51. The zero-order valence-electron chi connectivity index (χ0n) is 28.0. The van der Waals surface area contributed by atoms with Crippen LogP contribution in [0.1, 0.15) is 67.2 Å². The van der Waals surface area contributed by atoms with Gasteiger partial charge >= 0.3 is 0 Å². The standard InChI is InChI=1S/C36H46ClN9/c1-9-15-45-16-13-32-30(20-45)41-36(43(32)7)25(6)40-29-19-38-18-27(23(29)4)26-11-10-12-28(34(26)37)39-24(5)35-42-31-21-46(22(2)3)17-14-33(31)44(35)8/h10-12,18-19,22,39-40H,5-6,9,13-17,20-21H2,1-4,7-8H3. The van der Waals surface area contributed by atoms with Gasteiger partial charge in [0, 0.05) is 87.9 Å². The Kier molecular flexibility index (Phi) is 9.10. The van der Waals surface area contributed by atoms with E-state index < -0.39 is 0 Å². The smallest absolute Gasteiger partial charge is 0.156 e. The van der Waals surface area contributed by atoms with Crippen LogP contribution in [0.4, 0.5) is 11.4 Å². The second-order valence-electron chi connectivity index (χ2n) is 12.8. The Morgan fingerprint density at radius 1 is 0.891 bits per heavy atom. The van der Waals surface area contributed by atoms with E-state index in [1.165, 1.54) is 11.4 Å². The molecule has 9 nitrogen and oxygen atoms in total. The van der Waals surface area contributed by atoms with Crippen molar-refractivity contribution in [3.8, 4) is 11.1 Å². The zero-order chi connectivity index (χ0) is 32.7. The molecule has 0 bridgehead atoms. The normalized spacial score (nSPS) is 15.1. The number of imidazole rings is 2. The topological polar surface area (TPSA) is 79.1 Å². The quantitative estimate of drug-likeness (QED) is 0.196. The number of nitrogens with one attached hydrogen (secondary N) is 2. The molecule has 0 radical (unpaired) electrons. The summed E-state index contributed by atoms with van der Waals surface area (Å²) in [6, 6.07) is 6.48. The molecule has 242 valence electrons. The maximum Gasteiger partial charge on any atom is 0.156 e. The SMILES string of the molecule is C=C(Nc1cncc(-c2cccc(NC(=C)c3nc4c(n3C)CCN(C(C)C)C4)c2Cl)c1C)c1nc2c(n1C)CCN(CCC)C2. The van der Waals surface area contributed by atoms with Crippen molar-refractivity contribution in [1.29, 1.82) is 0 Å². The molecule has 0 amide bonds. The van der Waals surface area contributed by atoms with Gasteiger partial charge in [-0.2, -0.15) is 0 Å². The molecule has 10 heteroatoms. The minimum atomic E-state index is 0.489. The lowest BCUT2D eigenvalue weighted by Crippen LogP contribution is -2.36. The maximum absolute atomic E-state index is 7.09. The van der Waals surface area contributed by atoms with E-state index in [0.717, 1.165) is 109 Å². The van der Waals surface area contributed by atoms with Crippen LogP contribution in [0.3, 0.4) is 0 Å². The first kappa shape index (κ1) is 32.0. The van der Waals surface area contributed by atoms with Crippen molar-refractivity contribution in [2.75, 3.05) is 30.3 Å². The van der Waals surface area contributed by atoms with Gasteiger partial charge in [-0.15, -0.1) is 0 Å². The molecule has 0 saturated carbocycles. The molecule has 0 atom stereocenters. The number of aromatic nitrogens is 5. The summed E-state index contributed by atoms with van der Waals surface area (Å²) in [6.07, 6.45) is 6.81. The van der Waals surface area contributed by atoms with Crippen LogP contribution >= 0.6 is 11.6 Å². The largest absolute Gasteiger partial charge is 0.352 e. The average Bonchev–Trinajstić information content (AvgIpc) is 3.55. The molecule has 3 aromatic heterocycles. The van der Waals surface area contributed by atoms with Gasteiger partial charge in [-0.1, -0.05) is 43.8 Å². The number of hydrogen-bond donors (Lipinski definition) is 2. The summed E-state index contributed by atoms with van der Waals surface area (Å²) in [5, 5.41) is 7.57. The van der Waals surface area contributed by atoms with E-state index in [-0.39, 0.29) is 0 Å². The third-order valence-corrected chi connectivity index (χ3v) is 9.91. The Labute approximate surface area is 278 Å². The predicted octanol–water partition coefficient (Wildman–Crippen LogP) is 6.88. The summed E-state index contributed by atoms with van der Waals surface area (Å²) in [7, 11) is 4.15. The van der Waals surface area contributed by atoms with E-state index >= 15 is 0 Å². The highest BCUT2D eigenvalue weighted by molar-refractivity contribution is 6.36. The van der Waals surface area contributed by atoms with Gasteiger partial charge in [-0.3, -0.25) is 14.8 Å². The number of fused-ring (bicyclic) bond motifs is 2. The van der Waals surface area contributed by atoms with E-state index in [9.17, 15) is 0 Å². The molecule has 46 heavy (non-hydrogen) atoms. The van der Waals surface area contributed by atoms with Crippen LogP contribution < -0.4 is 10.6 Å². The molecule has 6 rings (SSSR count). The van der Waals surface area contributed by atoms with Gasteiger partial charge in [0.05, 0.1) is 45.4 Å². The number of hydrogen-bond acceptors (Lipinski definition) is 7. The monoisotopic (exact) mass is 639 g/mol. The molecule has 4 aromatic rings. The average molecular weight is 640 g/mol. The van der Waals surface area contributed by atoms with Crippen LogP contribution in [-0.4, -0.2) is 59.6 Å². The summed E-state index contributed by atoms with van der Waals surface area (Å²) in [4.78, 5) is 19.5. The lowest BCUT2D eigenvalue weighted by molar-refractivity contribution is 0.199. The van der Waals surface area contributed by atoms with Gasteiger partial charge in [0.15, 0.2) is 11.6 Å². The lowest BCUT2D eigenvalue weighted by atomic mass is 10.0. The molecular formula is C36H46ClN9. The molecule has 0 fully saturated rings. The van der Waals surface area contributed by atoms with Crippen LogP contribution in [0, 0.1) is 6.92 Å². The second-order valence-corrected chi connectivity index (χ2v) is 13.2. The maximum atomic E-state index is 7.09. The van der Waals surface area contributed by atoms with E-state index in [1.54, 1.807) is 0 Å². The van der Waals surface area contributed by atoms with Crippen molar-refractivity contribution in [1.82, 2.24) is 33.9 Å². The number of halogens is 1. The first-order valence-corrected chi connectivity index (χ1v) is 16.7. The van der Waals surface area contributed by atoms with Crippen molar-refractivity contribution in [3.63, 3.8) is 0 Å². The van der Waals surface area contributed by atoms with Crippen molar-refractivity contribution < 1.29 is 0 Å². The Morgan fingerprint density at radius 3 is 2.17 bits per heavy atom. The van der Waals surface area contributed by atoms with Gasteiger partial charge in [-0.05, 0) is 45.4 Å². The fourth-order valence-corrected chi connectivity index (χ4v) is 7.09. The number of rotatable bonds is 10. The molecule has 0 unspecified atom stereocenters. The Bertz CT molecular complexity index is 1800.